The molecule has 6 heteroatoms. The van der Waals surface area contributed by atoms with Gasteiger partial charge in [-0.15, -0.1) is 0 Å². The van der Waals surface area contributed by atoms with Crippen LogP contribution in [-0.2, 0) is 10.1 Å². The van der Waals surface area contributed by atoms with Crippen molar-refractivity contribution < 1.29 is 23.2 Å². The Labute approximate surface area is 127 Å². The van der Waals surface area contributed by atoms with Gasteiger partial charge in [-0.2, -0.15) is 8.42 Å². The van der Waals surface area contributed by atoms with Crippen LogP contribution in [0.4, 0.5) is 0 Å². The van der Waals surface area contributed by atoms with Crippen LogP contribution in [0.3, 0.4) is 0 Å². The lowest BCUT2D eigenvalue weighted by Gasteiger charge is -2.03. The van der Waals surface area contributed by atoms with Gasteiger partial charge in [-0.3, -0.25) is 4.55 Å². The molecule has 3 N–H and O–H groups in total. The lowest BCUT2D eigenvalue weighted by molar-refractivity contribution is 0.475. The average Bonchev–Trinajstić information content (AvgIpc) is 2.47. The fraction of sp³-hybridized carbons (Fsp3) is 0. The predicted molar refractivity (Wildman–Crippen MR) is 83.5 cm³/mol. The number of benzene rings is 3. The van der Waals surface area contributed by atoms with Crippen LogP contribution in [0.2, 0.25) is 0 Å². The van der Waals surface area contributed by atoms with E-state index in [2.05, 4.69) is 0 Å². The fourth-order valence-electron chi connectivity index (χ4n) is 1.88. The molecule has 0 heterocycles. The van der Waals surface area contributed by atoms with Gasteiger partial charge in [0.2, 0.25) is 0 Å². The second-order valence-electron chi connectivity index (χ2n) is 4.47. The number of fused-ring (bicyclic) bond motifs is 1. The molecule has 0 aliphatic carbocycles. The SMILES string of the molecule is O=S(=O)(O)c1cccc2ccc(O)cc12.Oc1ccccc1. The van der Waals surface area contributed by atoms with Gasteiger partial charge >= 0.3 is 0 Å². The fourth-order valence-corrected chi connectivity index (χ4v) is 2.59. The highest BCUT2D eigenvalue weighted by atomic mass is 32.2. The highest BCUT2D eigenvalue weighted by Gasteiger charge is 2.13. The van der Waals surface area contributed by atoms with Crippen LogP contribution < -0.4 is 0 Å². The van der Waals surface area contributed by atoms with E-state index in [0.29, 0.717) is 16.5 Å². The normalized spacial score (nSPS) is 10.8. The molecule has 0 unspecified atom stereocenters. The van der Waals surface area contributed by atoms with Gasteiger partial charge in [-0.05, 0) is 35.7 Å². The first-order chi connectivity index (χ1) is 10.4. The summed E-state index contributed by atoms with van der Waals surface area (Å²) in [6.07, 6.45) is 0. The van der Waals surface area contributed by atoms with Crippen molar-refractivity contribution in [3.8, 4) is 11.5 Å². The Kier molecular flexibility index (Phi) is 4.65. The maximum absolute atomic E-state index is 11.0. The molecule has 0 aliphatic rings. The van der Waals surface area contributed by atoms with Crippen molar-refractivity contribution in [3.05, 3.63) is 66.7 Å². The third-order valence-electron chi connectivity index (χ3n) is 2.86. The van der Waals surface area contributed by atoms with Gasteiger partial charge in [0.1, 0.15) is 16.4 Å². The average molecular weight is 318 g/mol. The van der Waals surface area contributed by atoms with Gasteiger partial charge in [0.05, 0.1) is 0 Å². The van der Waals surface area contributed by atoms with E-state index < -0.39 is 10.1 Å². The van der Waals surface area contributed by atoms with Crippen LogP contribution in [0.25, 0.3) is 10.8 Å². The minimum atomic E-state index is -4.26. The quantitative estimate of drug-likeness (QED) is 0.599. The minimum Gasteiger partial charge on any atom is -0.508 e. The number of rotatable bonds is 1. The highest BCUT2D eigenvalue weighted by molar-refractivity contribution is 7.86. The molecule has 0 aromatic heterocycles. The standard InChI is InChI=1S/C10H8O4S.C6H6O/c11-8-5-4-7-2-1-3-10(9(7)6-8)15(12,13)14;7-6-4-2-1-3-5-6/h1-6,11H,(H,12,13,14);1-5,7H. The summed E-state index contributed by atoms with van der Waals surface area (Å²) in [5.74, 6) is 0.279. The van der Waals surface area contributed by atoms with Crippen LogP contribution in [0, 0.1) is 0 Å². The van der Waals surface area contributed by atoms with E-state index in [1.807, 2.05) is 6.07 Å². The molecule has 5 nitrogen and oxygen atoms in total. The van der Waals surface area contributed by atoms with Crippen molar-refractivity contribution in [1.82, 2.24) is 0 Å². The van der Waals surface area contributed by atoms with Crippen LogP contribution in [-0.4, -0.2) is 23.2 Å². The monoisotopic (exact) mass is 318 g/mol. The summed E-state index contributed by atoms with van der Waals surface area (Å²) in [4.78, 5) is -0.198. The molecule has 0 spiro atoms. The van der Waals surface area contributed by atoms with Crippen molar-refractivity contribution in [2.45, 2.75) is 4.90 Å². The summed E-state index contributed by atoms with van der Waals surface area (Å²) < 4.78 is 31.0. The van der Waals surface area contributed by atoms with E-state index in [1.165, 1.54) is 24.3 Å². The first-order valence-electron chi connectivity index (χ1n) is 6.31. The second kappa shape index (κ2) is 6.46. The second-order valence-corrected chi connectivity index (χ2v) is 5.86. The van der Waals surface area contributed by atoms with Crippen LogP contribution in [0.1, 0.15) is 0 Å². The molecule has 114 valence electrons. The summed E-state index contributed by atoms with van der Waals surface area (Å²) in [5, 5.41) is 18.8. The molecule has 0 amide bonds. The zero-order valence-electron chi connectivity index (χ0n) is 11.4. The number of hydrogen-bond acceptors (Lipinski definition) is 4. The van der Waals surface area contributed by atoms with E-state index in [9.17, 15) is 13.5 Å². The topological polar surface area (TPSA) is 94.8 Å². The first kappa shape index (κ1) is 15.8. The van der Waals surface area contributed by atoms with E-state index in [4.69, 9.17) is 9.66 Å². The summed E-state index contributed by atoms with van der Waals surface area (Å²) in [6.45, 7) is 0. The van der Waals surface area contributed by atoms with Crippen LogP contribution in [0.5, 0.6) is 11.5 Å². The van der Waals surface area contributed by atoms with E-state index in [-0.39, 0.29) is 10.6 Å². The minimum absolute atomic E-state index is 0.0430. The molecule has 0 saturated carbocycles. The van der Waals surface area contributed by atoms with Crippen molar-refractivity contribution in [3.63, 3.8) is 0 Å². The molecular formula is C16H14O5S. The van der Waals surface area contributed by atoms with Gasteiger partial charge in [-0.1, -0.05) is 36.4 Å². The third-order valence-corrected chi connectivity index (χ3v) is 3.77. The van der Waals surface area contributed by atoms with Gasteiger partial charge in [0.25, 0.3) is 10.1 Å². The molecule has 0 bridgehead atoms. The van der Waals surface area contributed by atoms with Crippen molar-refractivity contribution in [1.29, 1.82) is 0 Å². The molecule has 3 rings (SSSR count). The molecule has 0 atom stereocenters. The van der Waals surface area contributed by atoms with Crippen molar-refractivity contribution in [2.24, 2.45) is 0 Å². The van der Waals surface area contributed by atoms with Crippen molar-refractivity contribution >= 4 is 20.9 Å². The Morgan fingerprint density at radius 3 is 1.95 bits per heavy atom. The number of hydrogen-bond donors (Lipinski definition) is 3. The Balaban J connectivity index is 0.000000211. The largest absolute Gasteiger partial charge is 0.508 e. The number of phenolic OH excluding ortho intramolecular Hbond substituents is 2. The molecule has 3 aromatic rings. The maximum atomic E-state index is 11.0. The van der Waals surface area contributed by atoms with E-state index in [0.717, 1.165) is 0 Å². The Morgan fingerprint density at radius 1 is 0.727 bits per heavy atom. The number of aromatic hydroxyl groups is 2. The summed E-state index contributed by atoms with van der Waals surface area (Å²) in [7, 11) is -4.26. The molecule has 0 radical (unpaired) electrons. The maximum Gasteiger partial charge on any atom is 0.295 e. The lowest BCUT2D eigenvalue weighted by Crippen LogP contribution is -1.98. The zero-order valence-corrected chi connectivity index (χ0v) is 12.2. The van der Waals surface area contributed by atoms with Crippen molar-refractivity contribution in [2.75, 3.05) is 0 Å². The summed E-state index contributed by atoms with van der Waals surface area (Å²) in [6, 6.07) is 17.6. The third kappa shape index (κ3) is 3.97. The Bertz CT molecular complexity index is 873. The van der Waals surface area contributed by atoms with Crippen LogP contribution in [0.15, 0.2) is 71.6 Å². The van der Waals surface area contributed by atoms with Crippen LogP contribution >= 0.6 is 0 Å². The predicted octanol–water partition coefficient (Wildman–Crippen LogP) is 3.18. The van der Waals surface area contributed by atoms with E-state index >= 15 is 0 Å². The van der Waals surface area contributed by atoms with Gasteiger partial charge in [0.15, 0.2) is 0 Å². The van der Waals surface area contributed by atoms with Gasteiger partial charge in [-0.25, -0.2) is 0 Å². The van der Waals surface area contributed by atoms with E-state index in [1.54, 1.807) is 36.4 Å². The molecule has 22 heavy (non-hydrogen) atoms. The Morgan fingerprint density at radius 2 is 1.41 bits per heavy atom. The number of para-hydroxylation sites is 1. The molecule has 0 saturated heterocycles. The lowest BCUT2D eigenvalue weighted by atomic mass is 10.1. The van der Waals surface area contributed by atoms with Gasteiger partial charge in [0, 0.05) is 5.39 Å². The zero-order chi connectivity index (χ0) is 16.2. The summed E-state index contributed by atoms with van der Waals surface area (Å²) >= 11 is 0. The number of phenols is 2. The highest BCUT2D eigenvalue weighted by Crippen LogP contribution is 2.26. The smallest absolute Gasteiger partial charge is 0.295 e. The molecule has 0 fully saturated rings. The molecular weight excluding hydrogens is 304 g/mol. The summed E-state index contributed by atoms with van der Waals surface area (Å²) in [5.41, 5.74) is 0. The molecule has 0 aliphatic heterocycles. The first-order valence-corrected chi connectivity index (χ1v) is 7.75. The molecule has 3 aromatic carbocycles. The Hall–Kier alpha value is -2.57. The van der Waals surface area contributed by atoms with Gasteiger partial charge < -0.3 is 10.2 Å².